The molecule has 0 saturated carbocycles. The Morgan fingerprint density at radius 2 is 1.95 bits per heavy atom. The maximum atomic E-state index is 5.80. The van der Waals surface area contributed by atoms with E-state index in [1.165, 1.54) is 19.3 Å². The number of aromatic nitrogens is 1. The molecule has 1 N–H and O–H groups in total. The van der Waals surface area contributed by atoms with Gasteiger partial charge in [-0.1, -0.05) is 32.8 Å². The van der Waals surface area contributed by atoms with Gasteiger partial charge in [0.15, 0.2) is 0 Å². The second-order valence-electron chi connectivity index (χ2n) is 5.73. The van der Waals surface area contributed by atoms with Gasteiger partial charge in [0.05, 0.1) is 12.1 Å². The van der Waals surface area contributed by atoms with Gasteiger partial charge in [-0.3, -0.25) is 4.98 Å². The molecule has 3 nitrogen and oxygen atoms in total. The standard InChI is InChI=1S/C18H26N2O/c1-15(2)19-11-5-3-4-6-13-21-17-10-9-16-8-7-12-20-18(16)14-17/h7-10,12,14-15,19H,3-6,11,13H2,1-2H3. The lowest BCUT2D eigenvalue weighted by molar-refractivity contribution is 0.304. The molecule has 0 spiro atoms. The van der Waals surface area contributed by atoms with E-state index in [4.69, 9.17) is 4.74 Å². The second-order valence-corrected chi connectivity index (χ2v) is 5.73. The van der Waals surface area contributed by atoms with Crippen molar-refractivity contribution < 1.29 is 4.74 Å². The molecular weight excluding hydrogens is 260 g/mol. The van der Waals surface area contributed by atoms with Crippen molar-refractivity contribution in [3.05, 3.63) is 36.5 Å². The number of fused-ring (bicyclic) bond motifs is 1. The first-order chi connectivity index (χ1) is 10.3. The van der Waals surface area contributed by atoms with Crippen LogP contribution in [0.5, 0.6) is 5.75 Å². The number of benzene rings is 1. The van der Waals surface area contributed by atoms with Gasteiger partial charge in [0, 0.05) is 23.7 Å². The first-order valence-corrected chi connectivity index (χ1v) is 7.96. The molecule has 0 aliphatic rings. The van der Waals surface area contributed by atoms with Crippen molar-refractivity contribution in [3.63, 3.8) is 0 Å². The smallest absolute Gasteiger partial charge is 0.121 e. The molecule has 0 atom stereocenters. The van der Waals surface area contributed by atoms with E-state index in [-0.39, 0.29) is 0 Å². The van der Waals surface area contributed by atoms with Crippen LogP contribution in [0.25, 0.3) is 10.9 Å². The SMILES string of the molecule is CC(C)NCCCCCCOc1ccc2cccnc2c1. The molecule has 0 unspecified atom stereocenters. The van der Waals surface area contributed by atoms with E-state index in [0.717, 1.165) is 36.2 Å². The van der Waals surface area contributed by atoms with Gasteiger partial charge in [0.25, 0.3) is 0 Å². The summed E-state index contributed by atoms with van der Waals surface area (Å²) in [6, 6.07) is 10.7. The van der Waals surface area contributed by atoms with Crippen LogP contribution in [0, 0.1) is 0 Å². The lowest BCUT2D eigenvalue weighted by Crippen LogP contribution is -2.23. The third-order valence-electron chi connectivity index (χ3n) is 3.47. The Hall–Kier alpha value is -1.61. The van der Waals surface area contributed by atoms with E-state index in [9.17, 15) is 0 Å². The summed E-state index contributed by atoms with van der Waals surface area (Å²) in [4.78, 5) is 4.35. The molecular formula is C18H26N2O. The minimum absolute atomic E-state index is 0.592. The highest BCUT2D eigenvalue weighted by Gasteiger charge is 1.98. The number of ether oxygens (including phenoxy) is 1. The molecule has 0 radical (unpaired) electrons. The highest BCUT2D eigenvalue weighted by atomic mass is 16.5. The Balaban J connectivity index is 1.61. The van der Waals surface area contributed by atoms with Crippen molar-refractivity contribution in [2.75, 3.05) is 13.2 Å². The van der Waals surface area contributed by atoms with Crippen LogP contribution >= 0.6 is 0 Å². The van der Waals surface area contributed by atoms with E-state index in [2.05, 4.69) is 36.3 Å². The van der Waals surface area contributed by atoms with Crippen molar-refractivity contribution in [1.82, 2.24) is 10.3 Å². The Bertz CT molecular complexity index is 539. The normalized spacial score (nSPS) is 11.2. The fraction of sp³-hybridized carbons (Fsp3) is 0.500. The summed E-state index contributed by atoms with van der Waals surface area (Å²) in [5.74, 6) is 0.919. The maximum absolute atomic E-state index is 5.80. The Kier molecular flexibility index (Phi) is 6.48. The zero-order chi connectivity index (χ0) is 14.9. The largest absolute Gasteiger partial charge is 0.494 e. The third kappa shape index (κ3) is 5.72. The predicted octanol–water partition coefficient (Wildman–Crippen LogP) is 4.17. The van der Waals surface area contributed by atoms with Crippen LogP contribution in [0.15, 0.2) is 36.5 Å². The fourth-order valence-corrected chi connectivity index (χ4v) is 2.30. The van der Waals surface area contributed by atoms with E-state index in [1.807, 2.05) is 24.4 Å². The molecule has 3 heteroatoms. The topological polar surface area (TPSA) is 34.1 Å². The minimum Gasteiger partial charge on any atom is -0.494 e. The van der Waals surface area contributed by atoms with Crippen molar-refractivity contribution in [2.45, 2.75) is 45.6 Å². The molecule has 2 rings (SSSR count). The quantitative estimate of drug-likeness (QED) is 0.702. The summed E-state index contributed by atoms with van der Waals surface area (Å²) in [6.07, 6.45) is 6.67. The summed E-state index contributed by atoms with van der Waals surface area (Å²) < 4.78 is 5.80. The van der Waals surface area contributed by atoms with Crippen molar-refractivity contribution in [1.29, 1.82) is 0 Å². The summed E-state index contributed by atoms with van der Waals surface area (Å²) in [5.41, 5.74) is 0.995. The van der Waals surface area contributed by atoms with Crippen LogP contribution in [-0.2, 0) is 0 Å². The van der Waals surface area contributed by atoms with Crippen LogP contribution in [0.2, 0.25) is 0 Å². The number of nitrogens with zero attached hydrogens (tertiary/aromatic N) is 1. The molecule has 0 amide bonds. The van der Waals surface area contributed by atoms with Crippen molar-refractivity contribution in [3.8, 4) is 5.75 Å². The Morgan fingerprint density at radius 1 is 1.10 bits per heavy atom. The highest BCUT2D eigenvalue weighted by Crippen LogP contribution is 2.19. The third-order valence-corrected chi connectivity index (χ3v) is 3.47. The van der Waals surface area contributed by atoms with Crippen LogP contribution in [-0.4, -0.2) is 24.2 Å². The lowest BCUT2D eigenvalue weighted by Gasteiger charge is -2.08. The minimum atomic E-state index is 0.592. The van der Waals surface area contributed by atoms with E-state index in [1.54, 1.807) is 0 Å². The van der Waals surface area contributed by atoms with Gasteiger partial charge in [-0.2, -0.15) is 0 Å². The fourth-order valence-electron chi connectivity index (χ4n) is 2.30. The molecule has 0 aliphatic carbocycles. The molecule has 2 aromatic rings. The van der Waals surface area contributed by atoms with E-state index < -0.39 is 0 Å². The zero-order valence-electron chi connectivity index (χ0n) is 13.1. The molecule has 1 aromatic heterocycles. The number of hydrogen-bond acceptors (Lipinski definition) is 3. The average molecular weight is 286 g/mol. The van der Waals surface area contributed by atoms with Crippen LogP contribution in [0.4, 0.5) is 0 Å². The van der Waals surface area contributed by atoms with Gasteiger partial charge < -0.3 is 10.1 Å². The molecule has 0 saturated heterocycles. The summed E-state index contributed by atoms with van der Waals surface area (Å²) in [5, 5.41) is 4.60. The number of hydrogen-bond donors (Lipinski definition) is 1. The van der Waals surface area contributed by atoms with Crippen LogP contribution in [0.1, 0.15) is 39.5 Å². The molecule has 1 aromatic carbocycles. The van der Waals surface area contributed by atoms with Gasteiger partial charge in [-0.15, -0.1) is 0 Å². The Morgan fingerprint density at radius 3 is 2.81 bits per heavy atom. The zero-order valence-corrected chi connectivity index (χ0v) is 13.1. The molecule has 21 heavy (non-hydrogen) atoms. The maximum Gasteiger partial charge on any atom is 0.121 e. The number of nitrogens with one attached hydrogen (secondary N) is 1. The van der Waals surface area contributed by atoms with Gasteiger partial charge in [0.1, 0.15) is 5.75 Å². The molecule has 114 valence electrons. The van der Waals surface area contributed by atoms with Crippen molar-refractivity contribution >= 4 is 10.9 Å². The second kappa shape index (κ2) is 8.63. The first kappa shape index (κ1) is 15.8. The Labute approximate surface area is 127 Å². The van der Waals surface area contributed by atoms with Crippen LogP contribution < -0.4 is 10.1 Å². The van der Waals surface area contributed by atoms with Gasteiger partial charge >= 0.3 is 0 Å². The van der Waals surface area contributed by atoms with E-state index in [0.29, 0.717) is 6.04 Å². The predicted molar refractivity (Wildman–Crippen MR) is 88.8 cm³/mol. The van der Waals surface area contributed by atoms with Crippen LogP contribution in [0.3, 0.4) is 0 Å². The molecule has 0 bridgehead atoms. The number of pyridine rings is 1. The van der Waals surface area contributed by atoms with Gasteiger partial charge in [-0.25, -0.2) is 0 Å². The highest BCUT2D eigenvalue weighted by molar-refractivity contribution is 5.79. The average Bonchev–Trinajstić information content (AvgIpc) is 2.49. The first-order valence-electron chi connectivity index (χ1n) is 7.96. The molecule has 1 heterocycles. The van der Waals surface area contributed by atoms with Gasteiger partial charge in [0.2, 0.25) is 0 Å². The lowest BCUT2D eigenvalue weighted by atomic mass is 10.2. The molecule has 0 fully saturated rings. The number of rotatable bonds is 9. The number of unbranched alkanes of at least 4 members (excludes halogenated alkanes) is 3. The monoisotopic (exact) mass is 286 g/mol. The summed E-state index contributed by atoms with van der Waals surface area (Å²) in [6.45, 7) is 6.28. The van der Waals surface area contributed by atoms with Gasteiger partial charge in [-0.05, 0) is 37.6 Å². The molecule has 0 aliphatic heterocycles. The van der Waals surface area contributed by atoms with Crippen molar-refractivity contribution in [2.24, 2.45) is 0 Å². The van der Waals surface area contributed by atoms with E-state index >= 15 is 0 Å². The summed E-state index contributed by atoms with van der Waals surface area (Å²) in [7, 11) is 0. The summed E-state index contributed by atoms with van der Waals surface area (Å²) >= 11 is 0.